The van der Waals surface area contributed by atoms with Crippen LogP contribution in [-0.2, 0) is 16.6 Å². The minimum absolute atomic E-state index is 0.172. The third kappa shape index (κ3) is 6.01. The van der Waals surface area contributed by atoms with E-state index in [0.29, 0.717) is 28.9 Å². The molecule has 0 fully saturated rings. The maximum Gasteiger partial charge on any atom is 0.243 e. The number of amides is 2. The van der Waals surface area contributed by atoms with Gasteiger partial charge in [0.05, 0.1) is 6.21 Å². The van der Waals surface area contributed by atoms with Crippen LogP contribution >= 0.6 is 11.8 Å². The topological polar surface area (TPSA) is 135 Å². The van der Waals surface area contributed by atoms with Gasteiger partial charge >= 0.3 is 0 Å². The van der Waals surface area contributed by atoms with Crippen molar-refractivity contribution in [2.45, 2.75) is 42.9 Å². The highest BCUT2D eigenvalue weighted by atomic mass is 32.2. The smallest absolute Gasteiger partial charge is 0.243 e. The summed E-state index contributed by atoms with van der Waals surface area (Å²) in [6.07, 6.45) is 2.84. The lowest BCUT2D eigenvalue weighted by Gasteiger charge is -2.00. The predicted molar refractivity (Wildman–Crippen MR) is 92.7 cm³/mol. The molecule has 0 saturated carbocycles. The summed E-state index contributed by atoms with van der Waals surface area (Å²) < 4.78 is 7.44. The molecule has 0 unspecified atom stereocenters. The Bertz CT molecular complexity index is 785. The molecule has 2 aromatic rings. The number of hydrazone groups is 1. The summed E-state index contributed by atoms with van der Waals surface area (Å²) in [6.45, 7) is 1.86. The van der Waals surface area contributed by atoms with Crippen LogP contribution in [0.2, 0.25) is 0 Å². The van der Waals surface area contributed by atoms with E-state index in [1.165, 1.54) is 18.0 Å². The molecule has 10 nitrogen and oxygen atoms in total. The first-order valence-corrected chi connectivity index (χ1v) is 8.69. The van der Waals surface area contributed by atoms with Crippen molar-refractivity contribution in [1.29, 1.82) is 0 Å². The Labute approximate surface area is 154 Å². The second-order valence-corrected chi connectivity index (χ2v) is 6.35. The predicted octanol–water partition coefficient (Wildman–Crippen LogP) is 1.38. The van der Waals surface area contributed by atoms with Crippen LogP contribution < -0.4 is 10.9 Å². The molecule has 0 saturated heterocycles. The molecule has 0 aliphatic heterocycles. The van der Waals surface area contributed by atoms with Gasteiger partial charge in [-0.3, -0.25) is 14.8 Å². The molecule has 0 aliphatic rings. The number of nitrogens with zero attached hydrogens (tertiary/aromatic N) is 4. The molecule has 2 amide bonds. The normalized spacial score (nSPS) is 11.0. The zero-order chi connectivity index (χ0) is 18.9. The molecule has 0 radical (unpaired) electrons. The highest BCUT2D eigenvalue weighted by molar-refractivity contribution is 7.99. The fourth-order valence-electron chi connectivity index (χ4n) is 1.88. The Morgan fingerprint density at radius 2 is 2.04 bits per heavy atom. The van der Waals surface area contributed by atoms with Crippen molar-refractivity contribution < 1.29 is 19.2 Å². The van der Waals surface area contributed by atoms with Crippen LogP contribution in [0.3, 0.4) is 0 Å². The Balaban J connectivity index is 1.73. The van der Waals surface area contributed by atoms with E-state index in [2.05, 4.69) is 20.7 Å². The van der Waals surface area contributed by atoms with Crippen LogP contribution in [0.25, 0.3) is 0 Å². The van der Waals surface area contributed by atoms with E-state index in [4.69, 9.17) is 9.62 Å². The number of unbranched alkanes of at least 4 members (excludes halogenated alkanes) is 1. The molecular formula is C15H20N6O4S. The molecule has 0 atom stereocenters. The van der Waals surface area contributed by atoms with Crippen molar-refractivity contribution in [3.05, 3.63) is 23.7 Å². The molecule has 2 aromatic heterocycles. The van der Waals surface area contributed by atoms with Gasteiger partial charge in [-0.25, -0.2) is 10.9 Å². The summed E-state index contributed by atoms with van der Waals surface area (Å²) in [6, 6.07) is 3.51. The highest BCUT2D eigenvalue weighted by Crippen LogP contribution is 2.27. The number of furan rings is 1. The standard InChI is InChI=1S/C15H20N6O4S/c1-10-17-19-15(21(10)2)26-14-8-7-11(25-14)9-16-18-12(22)5-3-4-6-13(23)20-24/h7-9,24H,3-6H2,1-2H3,(H,18,22)(H,20,23)/b16-9+. The summed E-state index contributed by atoms with van der Waals surface area (Å²) in [5.74, 6) is 0.569. The highest BCUT2D eigenvalue weighted by Gasteiger charge is 2.10. The van der Waals surface area contributed by atoms with Crippen molar-refractivity contribution in [1.82, 2.24) is 25.7 Å². The van der Waals surface area contributed by atoms with Crippen molar-refractivity contribution in [3.63, 3.8) is 0 Å². The van der Waals surface area contributed by atoms with Crippen LogP contribution in [0.1, 0.15) is 37.3 Å². The summed E-state index contributed by atoms with van der Waals surface area (Å²) in [5, 5.41) is 21.5. The average Bonchev–Trinajstić information content (AvgIpc) is 3.20. The number of hydroxylamine groups is 1. The van der Waals surface area contributed by atoms with Gasteiger partial charge < -0.3 is 8.98 Å². The fourth-order valence-corrected chi connectivity index (χ4v) is 2.68. The SMILES string of the molecule is Cc1nnc(Sc2ccc(/C=N/NC(=O)CCCCC(=O)NO)o2)n1C. The lowest BCUT2D eigenvalue weighted by molar-refractivity contribution is -0.129. The monoisotopic (exact) mass is 380 g/mol. The lowest BCUT2D eigenvalue weighted by atomic mass is 10.2. The Morgan fingerprint density at radius 3 is 2.69 bits per heavy atom. The Kier molecular flexibility index (Phi) is 7.36. The zero-order valence-corrected chi connectivity index (χ0v) is 15.2. The molecular weight excluding hydrogens is 360 g/mol. The first kappa shape index (κ1) is 19.7. The summed E-state index contributed by atoms with van der Waals surface area (Å²) >= 11 is 1.34. The number of hydrogen-bond acceptors (Lipinski definition) is 8. The van der Waals surface area contributed by atoms with E-state index in [1.54, 1.807) is 17.6 Å². The van der Waals surface area contributed by atoms with E-state index in [9.17, 15) is 9.59 Å². The molecule has 0 aromatic carbocycles. The number of carbonyl (C=O) groups excluding carboxylic acids is 2. The van der Waals surface area contributed by atoms with Gasteiger partial charge in [0.15, 0.2) is 10.2 Å². The molecule has 2 rings (SSSR count). The second-order valence-electron chi connectivity index (χ2n) is 5.38. The molecule has 11 heteroatoms. The van der Waals surface area contributed by atoms with Gasteiger partial charge in [-0.15, -0.1) is 10.2 Å². The molecule has 0 bridgehead atoms. The van der Waals surface area contributed by atoms with Crippen molar-refractivity contribution >= 4 is 29.8 Å². The number of aromatic nitrogens is 3. The lowest BCUT2D eigenvalue weighted by Crippen LogP contribution is -2.19. The number of rotatable bonds is 9. The van der Waals surface area contributed by atoms with E-state index in [0.717, 1.165) is 5.82 Å². The number of hydrogen-bond donors (Lipinski definition) is 3. The van der Waals surface area contributed by atoms with E-state index >= 15 is 0 Å². The van der Waals surface area contributed by atoms with Crippen LogP contribution in [0.4, 0.5) is 0 Å². The largest absolute Gasteiger partial charge is 0.448 e. The van der Waals surface area contributed by atoms with Gasteiger partial charge in [0.2, 0.25) is 11.8 Å². The van der Waals surface area contributed by atoms with Gasteiger partial charge in [0.25, 0.3) is 0 Å². The number of carbonyl (C=O) groups is 2. The van der Waals surface area contributed by atoms with E-state index < -0.39 is 5.91 Å². The summed E-state index contributed by atoms with van der Waals surface area (Å²) in [4.78, 5) is 22.4. The third-order valence-electron chi connectivity index (χ3n) is 3.41. The molecule has 140 valence electrons. The maximum atomic E-state index is 11.6. The van der Waals surface area contributed by atoms with Gasteiger partial charge in [0, 0.05) is 19.9 Å². The van der Waals surface area contributed by atoms with E-state index in [1.807, 2.05) is 18.5 Å². The molecule has 3 N–H and O–H groups in total. The van der Waals surface area contributed by atoms with Crippen LogP contribution in [0.15, 0.2) is 31.9 Å². The molecule has 0 spiro atoms. The number of nitrogens with one attached hydrogen (secondary N) is 2. The van der Waals surface area contributed by atoms with Crippen LogP contribution in [0.5, 0.6) is 0 Å². The zero-order valence-electron chi connectivity index (χ0n) is 14.4. The molecule has 0 aliphatic carbocycles. The third-order valence-corrected chi connectivity index (χ3v) is 4.37. The molecule has 26 heavy (non-hydrogen) atoms. The minimum atomic E-state index is -0.466. The maximum absolute atomic E-state index is 11.6. The van der Waals surface area contributed by atoms with Crippen LogP contribution in [-0.4, -0.2) is 38.0 Å². The first-order valence-electron chi connectivity index (χ1n) is 7.88. The van der Waals surface area contributed by atoms with Crippen molar-refractivity contribution in [3.8, 4) is 0 Å². The minimum Gasteiger partial charge on any atom is -0.448 e. The molecule has 2 heterocycles. The van der Waals surface area contributed by atoms with Crippen molar-refractivity contribution in [2.75, 3.05) is 0 Å². The van der Waals surface area contributed by atoms with Crippen LogP contribution in [0, 0.1) is 6.92 Å². The quantitative estimate of drug-likeness (QED) is 0.259. The first-order chi connectivity index (χ1) is 12.5. The summed E-state index contributed by atoms with van der Waals surface area (Å²) in [7, 11) is 1.87. The van der Waals surface area contributed by atoms with Gasteiger partial charge in [-0.1, -0.05) is 0 Å². The average molecular weight is 380 g/mol. The fraction of sp³-hybridized carbons (Fsp3) is 0.400. The van der Waals surface area contributed by atoms with Gasteiger partial charge in [-0.05, 0) is 43.7 Å². The Hall–Kier alpha value is -2.66. The van der Waals surface area contributed by atoms with Crippen molar-refractivity contribution in [2.24, 2.45) is 12.1 Å². The Morgan fingerprint density at radius 1 is 1.31 bits per heavy atom. The van der Waals surface area contributed by atoms with Gasteiger partial charge in [-0.2, -0.15) is 5.10 Å². The van der Waals surface area contributed by atoms with Gasteiger partial charge in [0.1, 0.15) is 11.6 Å². The second kappa shape index (κ2) is 9.73. The summed E-state index contributed by atoms with van der Waals surface area (Å²) in [5.41, 5.74) is 3.94. The number of aryl methyl sites for hydroxylation is 1. The van der Waals surface area contributed by atoms with E-state index in [-0.39, 0.29) is 18.7 Å².